The zero-order valence-electron chi connectivity index (χ0n) is 15.1. The second-order valence-corrected chi connectivity index (χ2v) is 9.49. The maximum atomic E-state index is 12.4. The summed E-state index contributed by atoms with van der Waals surface area (Å²) >= 11 is 1.81. The van der Waals surface area contributed by atoms with Crippen LogP contribution in [0.5, 0.6) is 0 Å². The standard InChI is InChI=1S/C15H30N4O3S2.HI/c1-3-16-15(18(2)12-14-4-8-22-13-14)17-5-11-24(20,21)19-6-9-23-10-7-19;/h14H,3-13H2,1-2H3,(H,16,17);1H. The minimum Gasteiger partial charge on any atom is -0.381 e. The molecule has 25 heavy (non-hydrogen) atoms. The molecule has 0 saturated carbocycles. The molecule has 7 nitrogen and oxygen atoms in total. The summed E-state index contributed by atoms with van der Waals surface area (Å²) in [6.45, 7) is 6.83. The highest BCUT2D eigenvalue weighted by molar-refractivity contribution is 14.0. The number of aliphatic imine (C=N–C) groups is 1. The van der Waals surface area contributed by atoms with Gasteiger partial charge in [-0.25, -0.2) is 12.7 Å². The van der Waals surface area contributed by atoms with E-state index in [0.29, 0.717) is 25.6 Å². The van der Waals surface area contributed by atoms with Gasteiger partial charge in [0.2, 0.25) is 10.0 Å². The summed E-state index contributed by atoms with van der Waals surface area (Å²) in [6.07, 6.45) is 1.07. The van der Waals surface area contributed by atoms with Crippen LogP contribution >= 0.6 is 35.7 Å². The molecule has 1 atom stereocenters. The van der Waals surface area contributed by atoms with Gasteiger partial charge in [0, 0.05) is 57.3 Å². The Morgan fingerprint density at radius 1 is 1.40 bits per heavy atom. The highest BCUT2D eigenvalue weighted by atomic mass is 127. The van der Waals surface area contributed by atoms with Crippen molar-refractivity contribution in [1.82, 2.24) is 14.5 Å². The summed E-state index contributed by atoms with van der Waals surface area (Å²) < 4.78 is 31.8. The van der Waals surface area contributed by atoms with Gasteiger partial charge in [0.15, 0.2) is 5.96 Å². The molecule has 0 bridgehead atoms. The number of thioether (sulfide) groups is 1. The van der Waals surface area contributed by atoms with Crippen molar-refractivity contribution >= 4 is 51.7 Å². The van der Waals surface area contributed by atoms with Crippen molar-refractivity contribution in [3.8, 4) is 0 Å². The molecule has 2 heterocycles. The lowest BCUT2D eigenvalue weighted by atomic mass is 10.1. The van der Waals surface area contributed by atoms with Gasteiger partial charge in [-0.15, -0.1) is 24.0 Å². The molecular weight excluding hydrogens is 475 g/mol. The highest BCUT2D eigenvalue weighted by Crippen LogP contribution is 2.14. The fraction of sp³-hybridized carbons (Fsp3) is 0.933. The number of nitrogens with one attached hydrogen (secondary N) is 1. The van der Waals surface area contributed by atoms with Gasteiger partial charge in [0.1, 0.15) is 0 Å². The molecular formula is C15H31IN4O3S2. The molecule has 2 rings (SSSR count). The van der Waals surface area contributed by atoms with E-state index in [9.17, 15) is 8.42 Å². The van der Waals surface area contributed by atoms with Crippen molar-refractivity contribution in [2.75, 3.05) is 70.2 Å². The van der Waals surface area contributed by atoms with Crippen LogP contribution in [0.1, 0.15) is 13.3 Å². The first-order valence-electron chi connectivity index (χ1n) is 8.65. The molecule has 148 valence electrons. The highest BCUT2D eigenvalue weighted by Gasteiger charge is 2.24. The SMILES string of the molecule is CCNC(=NCCS(=O)(=O)N1CCSCC1)N(C)CC1CCOC1.I. The lowest BCUT2D eigenvalue weighted by Gasteiger charge is -2.26. The maximum Gasteiger partial charge on any atom is 0.215 e. The van der Waals surface area contributed by atoms with Crippen LogP contribution in [0, 0.1) is 5.92 Å². The number of nitrogens with zero attached hydrogens (tertiary/aromatic N) is 3. The molecule has 0 radical (unpaired) electrons. The second kappa shape index (κ2) is 11.8. The smallest absolute Gasteiger partial charge is 0.215 e. The fourth-order valence-corrected chi connectivity index (χ4v) is 5.34. The Labute approximate surface area is 173 Å². The molecule has 1 unspecified atom stereocenters. The van der Waals surface area contributed by atoms with Crippen LogP contribution in [0.15, 0.2) is 4.99 Å². The van der Waals surface area contributed by atoms with Crippen molar-refractivity contribution in [3.05, 3.63) is 0 Å². The largest absolute Gasteiger partial charge is 0.381 e. The maximum absolute atomic E-state index is 12.4. The molecule has 0 aromatic heterocycles. The normalized spacial score (nSPS) is 22.5. The quantitative estimate of drug-likeness (QED) is 0.315. The number of halogens is 1. The van der Waals surface area contributed by atoms with Gasteiger partial charge >= 0.3 is 0 Å². The topological polar surface area (TPSA) is 74.2 Å². The van der Waals surface area contributed by atoms with E-state index in [1.165, 1.54) is 0 Å². The Bertz CT molecular complexity index is 507. The van der Waals surface area contributed by atoms with Crippen LogP contribution in [0.4, 0.5) is 0 Å². The third kappa shape index (κ3) is 7.77. The van der Waals surface area contributed by atoms with Gasteiger partial charge in [-0.3, -0.25) is 4.99 Å². The van der Waals surface area contributed by atoms with E-state index >= 15 is 0 Å². The first-order chi connectivity index (χ1) is 11.5. The average molecular weight is 506 g/mol. The van der Waals surface area contributed by atoms with Crippen molar-refractivity contribution < 1.29 is 13.2 Å². The Morgan fingerprint density at radius 3 is 2.72 bits per heavy atom. The molecule has 0 amide bonds. The number of guanidine groups is 1. The zero-order chi connectivity index (χ0) is 17.4. The Morgan fingerprint density at radius 2 is 2.12 bits per heavy atom. The van der Waals surface area contributed by atoms with Gasteiger partial charge in [0.25, 0.3) is 0 Å². The molecule has 2 saturated heterocycles. The van der Waals surface area contributed by atoms with Gasteiger partial charge < -0.3 is 15.0 Å². The number of rotatable bonds is 7. The van der Waals surface area contributed by atoms with Crippen LogP contribution in [-0.2, 0) is 14.8 Å². The van der Waals surface area contributed by atoms with Crippen molar-refractivity contribution in [3.63, 3.8) is 0 Å². The first-order valence-corrected chi connectivity index (χ1v) is 11.4. The Hall–Kier alpha value is 0.220. The Balaban J connectivity index is 0.00000312. The predicted molar refractivity (Wildman–Crippen MR) is 116 cm³/mol. The molecule has 0 aliphatic carbocycles. The van der Waals surface area contributed by atoms with Crippen molar-refractivity contribution in [2.45, 2.75) is 13.3 Å². The summed E-state index contributed by atoms with van der Waals surface area (Å²) in [5.41, 5.74) is 0. The molecule has 0 spiro atoms. The molecule has 2 aliphatic rings. The number of ether oxygens (including phenoxy) is 1. The van der Waals surface area contributed by atoms with E-state index in [0.717, 1.165) is 50.2 Å². The lowest BCUT2D eigenvalue weighted by molar-refractivity contribution is 0.181. The minimum absolute atomic E-state index is 0. The summed E-state index contributed by atoms with van der Waals surface area (Å²) in [6, 6.07) is 0. The summed E-state index contributed by atoms with van der Waals surface area (Å²) in [7, 11) is -1.20. The summed E-state index contributed by atoms with van der Waals surface area (Å²) in [5, 5.41) is 3.25. The first kappa shape index (κ1) is 23.3. The third-order valence-electron chi connectivity index (χ3n) is 4.23. The zero-order valence-corrected chi connectivity index (χ0v) is 19.1. The van der Waals surface area contributed by atoms with E-state index in [1.54, 1.807) is 4.31 Å². The van der Waals surface area contributed by atoms with Crippen molar-refractivity contribution in [2.24, 2.45) is 10.9 Å². The number of hydrogen-bond acceptors (Lipinski definition) is 5. The third-order valence-corrected chi connectivity index (χ3v) is 7.02. The van der Waals surface area contributed by atoms with Gasteiger partial charge in [-0.1, -0.05) is 0 Å². The van der Waals surface area contributed by atoms with E-state index in [1.807, 2.05) is 25.7 Å². The average Bonchev–Trinajstić information content (AvgIpc) is 3.07. The monoisotopic (exact) mass is 506 g/mol. The minimum atomic E-state index is -3.20. The molecule has 10 heteroatoms. The van der Waals surface area contributed by atoms with Crippen LogP contribution < -0.4 is 5.32 Å². The fourth-order valence-electron chi connectivity index (χ4n) is 2.89. The lowest BCUT2D eigenvalue weighted by Crippen LogP contribution is -2.42. The van der Waals surface area contributed by atoms with Gasteiger partial charge in [0.05, 0.1) is 18.9 Å². The number of hydrogen-bond donors (Lipinski definition) is 1. The molecule has 2 fully saturated rings. The van der Waals surface area contributed by atoms with Crippen molar-refractivity contribution in [1.29, 1.82) is 0 Å². The van der Waals surface area contributed by atoms with Gasteiger partial charge in [-0.05, 0) is 13.3 Å². The summed E-state index contributed by atoms with van der Waals surface area (Å²) in [4.78, 5) is 6.59. The molecule has 1 N–H and O–H groups in total. The number of sulfonamides is 1. The van der Waals surface area contributed by atoms with E-state index in [-0.39, 0.29) is 29.7 Å². The van der Waals surface area contributed by atoms with E-state index < -0.39 is 10.0 Å². The summed E-state index contributed by atoms with van der Waals surface area (Å²) in [5.74, 6) is 3.14. The molecule has 0 aromatic carbocycles. The van der Waals surface area contributed by atoms with Crippen LogP contribution in [-0.4, -0.2) is 93.8 Å². The predicted octanol–water partition coefficient (Wildman–Crippen LogP) is 0.917. The second-order valence-electron chi connectivity index (χ2n) is 6.17. The van der Waals surface area contributed by atoms with Crippen LogP contribution in [0.25, 0.3) is 0 Å². The molecule has 2 aliphatic heterocycles. The van der Waals surface area contributed by atoms with Crippen LogP contribution in [0.2, 0.25) is 0 Å². The van der Waals surface area contributed by atoms with Gasteiger partial charge in [-0.2, -0.15) is 11.8 Å². The Kier molecular flexibility index (Phi) is 11.0. The van der Waals surface area contributed by atoms with E-state index in [4.69, 9.17) is 4.74 Å². The van der Waals surface area contributed by atoms with E-state index in [2.05, 4.69) is 15.2 Å². The molecule has 0 aromatic rings. The van der Waals surface area contributed by atoms with Crippen LogP contribution in [0.3, 0.4) is 0 Å².